The highest BCUT2D eigenvalue weighted by Crippen LogP contribution is 2.45. The molecule has 2 unspecified atom stereocenters. The molecular weight excluding hydrogens is 1140 g/mol. The number of esters is 4. The van der Waals surface area contributed by atoms with Crippen molar-refractivity contribution in [3.63, 3.8) is 0 Å². The maximum absolute atomic E-state index is 13.0. The summed E-state index contributed by atoms with van der Waals surface area (Å²) in [5.41, 5.74) is 0. The molecule has 0 aliphatic rings. The SMILES string of the molecule is CCCCCCCCCCCCCCCCCC(=O)O[C@H](COC(=O)CCCCCCCCCCCCC(C)C)COP(=O)(O)OC[C@@H](O)COP(=O)(O)OC[C@@H](COC(=O)CCCCCCCCCC)OC(=O)CCCCCCCCCC(C)C. The first-order valence-corrected chi connectivity index (χ1v) is 38.0. The minimum atomic E-state index is -4.95. The zero-order valence-electron chi connectivity index (χ0n) is 55.6. The number of rotatable bonds is 66. The normalized spacial score (nSPS) is 14.2. The van der Waals surface area contributed by atoms with Crippen LogP contribution in [-0.4, -0.2) is 96.7 Å². The standard InChI is InChI=1S/C67H130O17P2/c1-7-9-11-13-15-17-18-19-20-21-22-27-33-39-45-51-66(71)83-62(56-78-65(70)50-44-38-32-26-24-23-25-29-35-41-47-59(3)4)57-81-85(73,74)79-53-61(68)54-80-86(75,76)82-58-63(55-77-64(69)49-43-37-31-16-14-12-10-8-2)84-67(72)52-46-40-34-28-30-36-42-48-60(5)6/h59-63,68H,7-58H2,1-6H3,(H,73,74)(H,75,76)/t61-,62-,63-/m1/s1. The molecule has 0 bridgehead atoms. The Morgan fingerprint density at radius 3 is 0.791 bits per heavy atom. The number of unbranched alkanes of at least 4 members (excludes halogenated alkanes) is 36. The van der Waals surface area contributed by atoms with Gasteiger partial charge in [-0.05, 0) is 37.5 Å². The molecule has 0 rings (SSSR count). The summed E-state index contributed by atoms with van der Waals surface area (Å²) in [5, 5.41) is 10.6. The van der Waals surface area contributed by atoms with Gasteiger partial charge >= 0.3 is 39.5 Å². The van der Waals surface area contributed by atoms with E-state index < -0.39 is 97.5 Å². The van der Waals surface area contributed by atoms with Gasteiger partial charge < -0.3 is 33.8 Å². The monoisotopic (exact) mass is 1270 g/mol. The Kier molecular flexibility index (Phi) is 58.0. The minimum Gasteiger partial charge on any atom is -0.462 e. The molecule has 0 saturated heterocycles. The smallest absolute Gasteiger partial charge is 0.462 e. The third-order valence-electron chi connectivity index (χ3n) is 15.5. The van der Waals surface area contributed by atoms with Crippen molar-refractivity contribution < 1.29 is 80.2 Å². The van der Waals surface area contributed by atoms with Crippen molar-refractivity contribution in [3.05, 3.63) is 0 Å². The molecule has 0 spiro atoms. The molecule has 5 atom stereocenters. The first-order valence-electron chi connectivity index (χ1n) is 35.0. The molecule has 510 valence electrons. The Morgan fingerprint density at radius 2 is 0.535 bits per heavy atom. The molecule has 0 amide bonds. The van der Waals surface area contributed by atoms with Crippen molar-refractivity contribution in [2.75, 3.05) is 39.6 Å². The van der Waals surface area contributed by atoms with Crippen LogP contribution in [0.2, 0.25) is 0 Å². The van der Waals surface area contributed by atoms with Gasteiger partial charge in [-0.25, -0.2) is 9.13 Å². The number of aliphatic hydroxyl groups is 1. The average molecular weight is 1270 g/mol. The van der Waals surface area contributed by atoms with E-state index in [9.17, 15) is 43.2 Å². The van der Waals surface area contributed by atoms with E-state index in [2.05, 4.69) is 41.5 Å². The van der Waals surface area contributed by atoms with E-state index >= 15 is 0 Å². The van der Waals surface area contributed by atoms with Gasteiger partial charge in [0.2, 0.25) is 0 Å². The van der Waals surface area contributed by atoms with Gasteiger partial charge in [-0.15, -0.1) is 0 Å². The maximum atomic E-state index is 13.0. The fourth-order valence-electron chi connectivity index (χ4n) is 10.1. The second-order valence-corrected chi connectivity index (χ2v) is 28.1. The fraction of sp³-hybridized carbons (Fsp3) is 0.940. The topological polar surface area (TPSA) is 237 Å². The summed E-state index contributed by atoms with van der Waals surface area (Å²) in [5.74, 6) is -0.677. The summed E-state index contributed by atoms with van der Waals surface area (Å²) in [4.78, 5) is 72.3. The lowest BCUT2D eigenvalue weighted by molar-refractivity contribution is -0.161. The first kappa shape index (κ1) is 84.1. The Hall–Kier alpha value is -1.94. The van der Waals surface area contributed by atoms with Crippen molar-refractivity contribution >= 4 is 39.5 Å². The van der Waals surface area contributed by atoms with Crippen molar-refractivity contribution in [1.82, 2.24) is 0 Å². The van der Waals surface area contributed by atoms with E-state index in [-0.39, 0.29) is 25.7 Å². The Labute approximate surface area is 524 Å². The highest BCUT2D eigenvalue weighted by Gasteiger charge is 2.30. The zero-order valence-corrected chi connectivity index (χ0v) is 57.4. The van der Waals surface area contributed by atoms with Crippen LogP contribution in [-0.2, 0) is 65.4 Å². The highest BCUT2D eigenvalue weighted by atomic mass is 31.2. The number of carbonyl (C=O) groups is 4. The lowest BCUT2D eigenvalue weighted by Gasteiger charge is -2.21. The second kappa shape index (κ2) is 59.4. The Balaban J connectivity index is 5.22. The second-order valence-electron chi connectivity index (χ2n) is 25.2. The number of hydrogen-bond donors (Lipinski definition) is 3. The molecule has 0 aromatic heterocycles. The summed E-state index contributed by atoms with van der Waals surface area (Å²) < 4.78 is 68.1. The highest BCUT2D eigenvalue weighted by molar-refractivity contribution is 7.47. The first-order chi connectivity index (χ1) is 41.4. The van der Waals surface area contributed by atoms with Gasteiger partial charge in [0.1, 0.15) is 19.3 Å². The molecule has 0 aromatic rings. The molecule has 19 heteroatoms. The van der Waals surface area contributed by atoms with E-state index in [0.29, 0.717) is 31.6 Å². The predicted molar refractivity (Wildman–Crippen MR) is 345 cm³/mol. The number of ether oxygens (including phenoxy) is 4. The van der Waals surface area contributed by atoms with E-state index in [1.54, 1.807) is 0 Å². The van der Waals surface area contributed by atoms with Crippen molar-refractivity contribution in [3.8, 4) is 0 Å². The summed E-state index contributed by atoms with van der Waals surface area (Å²) >= 11 is 0. The molecule has 86 heavy (non-hydrogen) atoms. The van der Waals surface area contributed by atoms with Gasteiger partial charge in [-0.2, -0.15) is 0 Å². The van der Waals surface area contributed by atoms with Crippen molar-refractivity contribution in [2.24, 2.45) is 11.8 Å². The molecule has 0 aliphatic carbocycles. The fourth-order valence-corrected chi connectivity index (χ4v) is 11.6. The van der Waals surface area contributed by atoms with E-state index in [4.69, 9.17) is 37.0 Å². The Bertz CT molecular complexity index is 1680. The number of aliphatic hydroxyl groups excluding tert-OH is 1. The van der Waals surface area contributed by atoms with E-state index in [1.165, 1.54) is 148 Å². The van der Waals surface area contributed by atoms with E-state index in [0.717, 1.165) is 102 Å². The van der Waals surface area contributed by atoms with Gasteiger partial charge in [-0.3, -0.25) is 37.3 Å². The van der Waals surface area contributed by atoms with Crippen LogP contribution >= 0.6 is 15.6 Å². The number of carbonyl (C=O) groups excluding carboxylic acids is 4. The summed E-state index contributed by atoms with van der Waals surface area (Å²) in [6, 6.07) is 0. The lowest BCUT2D eigenvalue weighted by atomic mass is 10.0. The van der Waals surface area contributed by atoms with Crippen LogP contribution in [0.3, 0.4) is 0 Å². The molecule has 0 radical (unpaired) electrons. The van der Waals surface area contributed by atoms with Crippen LogP contribution in [0.15, 0.2) is 0 Å². The van der Waals surface area contributed by atoms with Gasteiger partial charge in [0.15, 0.2) is 12.2 Å². The van der Waals surface area contributed by atoms with Gasteiger partial charge in [0.25, 0.3) is 0 Å². The van der Waals surface area contributed by atoms with Gasteiger partial charge in [0.05, 0.1) is 26.4 Å². The molecule has 0 fully saturated rings. The molecular formula is C67H130O17P2. The summed E-state index contributed by atoms with van der Waals surface area (Å²) in [7, 11) is -9.89. The van der Waals surface area contributed by atoms with Gasteiger partial charge in [-0.1, -0.05) is 286 Å². The molecule has 0 saturated carbocycles. The summed E-state index contributed by atoms with van der Waals surface area (Å²) in [6.07, 6.45) is 43.2. The van der Waals surface area contributed by atoms with Crippen LogP contribution in [0.1, 0.15) is 337 Å². The largest absolute Gasteiger partial charge is 0.472 e. The van der Waals surface area contributed by atoms with Crippen LogP contribution < -0.4 is 0 Å². The molecule has 0 aromatic carbocycles. The zero-order chi connectivity index (χ0) is 63.6. The van der Waals surface area contributed by atoms with Gasteiger partial charge in [0, 0.05) is 25.7 Å². The van der Waals surface area contributed by atoms with Crippen molar-refractivity contribution in [1.29, 1.82) is 0 Å². The summed E-state index contributed by atoms with van der Waals surface area (Å²) in [6.45, 7) is 9.43. The molecule has 0 aliphatic heterocycles. The molecule has 3 N–H and O–H groups in total. The van der Waals surface area contributed by atoms with Crippen LogP contribution in [0.5, 0.6) is 0 Å². The Morgan fingerprint density at radius 1 is 0.314 bits per heavy atom. The average Bonchev–Trinajstić information content (AvgIpc) is 3.67. The maximum Gasteiger partial charge on any atom is 0.472 e. The van der Waals surface area contributed by atoms with Crippen LogP contribution in [0.4, 0.5) is 0 Å². The lowest BCUT2D eigenvalue weighted by Crippen LogP contribution is -2.30. The van der Waals surface area contributed by atoms with Crippen molar-refractivity contribution in [2.45, 2.75) is 355 Å². The minimum absolute atomic E-state index is 0.103. The molecule has 17 nitrogen and oxygen atoms in total. The predicted octanol–water partition coefficient (Wildman–Crippen LogP) is 18.8. The third kappa shape index (κ3) is 60.9. The third-order valence-corrected chi connectivity index (χ3v) is 17.4. The quantitative estimate of drug-likeness (QED) is 0.0222. The number of phosphoric ester groups is 2. The number of hydrogen-bond acceptors (Lipinski definition) is 15. The van der Waals surface area contributed by atoms with Crippen LogP contribution in [0, 0.1) is 11.8 Å². The van der Waals surface area contributed by atoms with E-state index in [1.807, 2.05) is 0 Å². The van der Waals surface area contributed by atoms with Crippen LogP contribution in [0.25, 0.3) is 0 Å². The number of phosphoric acid groups is 2. The molecule has 0 heterocycles.